The molecule has 0 spiro atoms. The van der Waals surface area contributed by atoms with Crippen LogP contribution in [0.2, 0.25) is 0 Å². The zero-order chi connectivity index (χ0) is 12.3. The highest BCUT2D eigenvalue weighted by Gasteiger charge is 2.26. The van der Waals surface area contributed by atoms with Gasteiger partial charge >= 0.3 is 0 Å². The van der Waals surface area contributed by atoms with E-state index in [4.69, 9.17) is 5.73 Å². The van der Waals surface area contributed by atoms with Crippen LogP contribution >= 0.6 is 12.4 Å². The Morgan fingerprint density at radius 1 is 1.53 bits per heavy atom. The van der Waals surface area contributed by atoms with Crippen LogP contribution in [0.15, 0.2) is 0 Å². The average Bonchev–Trinajstić information content (AvgIpc) is 2.22. The summed E-state index contributed by atoms with van der Waals surface area (Å²) >= 11 is 0. The third-order valence-electron chi connectivity index (χ3n) is 2.99. The number of carbonyl (C=O) groups is 2. The first-order valence-electron chi connectivity index (χ1n) is 5.71. The Hall–Kier alpha value is -0.810. The van der Waals surface area contributed by atoms with Gasteiger partial charge in [0.05, 0.1) is 6.04 Å². The highest BCUT2D eigenvalue weighted by atomic mass is 35.5. The van der Waals surface area contributed by atoms with Gasteiger partial charge in [-0.15, -0.1) is 12.4 Å². The van der Waals surface area contributed by atoms with Gasteiger partial charge in [0, 0.05) is 26.1 Å². The zero-order valence-corrected chi connectivity index (χ0v) is 11.4. The number of nitrogens with one attached hydrogen (secondary N) is 1. The Balaban J connectivity index is 0.00000256. The first kappa shape index (κ1) is 16.2. The number of piperidine rings is 1. The number of carbonyl (C=O) groups excluding carboxylic acids is 2. The maximum atomic E-state index is 11.7. The van der Waals surface area contributed by atoms with Gasteiger partial charge in [-0.2, -0.15) is 0 Å². The Morgan fingerprint density at radius 3 is 2.59 bits per heavy atom. The fourth-order valence-corrected chi connectivity index (χ4v) is 1.73. The summed E-state index contributed by atoms with van der Waals surface area (Å²) < 4.78 is 0. The number of rotatable bonds is 3. The van der Waals surface area contributed by atoms with Gasteiger partial charge in [-0.05, 0) is 12.3 Å². The minimum Gasteiger partial charge on any atom is -0.350 e. The van der Waals surface area contributed by atoms with Crippen molar-refractivity contribution in [3.8, 4) is 0 Å². The van der Waals surface area contributed by atoms with Crippen molar-refractivity contribution in [1.29, 1.82) is 0 Å². The highest BCUT2D eigenvalue weighted by molar-refractivity contribution is 5.85. The lowest BCUT2D eigenvalue weighted by Gasteiger charge is -2.31. The van der Waals surface area contributed by atoms with Crippen LogP contribution in [0.1, 0.15) is 26.7 Å². The molecule has 2 amide bonds. The van der Waals surface area contributed by atoms with Gasteiger partial charge in [-0.25, -0.2) is 0 Å². The number of halogens is 1. The van der Waals surface area contributed by atoms with Gasteiger partial charge in [0.15, 0.2) is 0 Å². The summed E-state index contributed by atoms with van der Waals surface area (Å²) in [6.07, 6.45) is 1.21. The van der Waals surface area contributed by atoms with Gasteiger partial charge in [0.2, 0.25) is 11.8 Å². The lowest BCUT2D eigenvalue weighted by Crippen LogP contribution is -2.53. The van der Waals surface area contributed by atoms with E-state index in [1.165, 1.54) is 0 Å². The summed E-state index contributed by atoms with van der Waals surface area (Å²) in [5.74, 6) is 0.143. The molecular formula is C11H22ClN3O2. The lowest BCUT2D eigenvalue weighted by molar-refractivity contribution is -0.134. The molecule has 0 saturated carbocycles. The minimum atomic E-state index is -0.470. The molecular weight excluding hydrogens is 242 g/mol. The van der Waals surface area contributed by atoms with E-state index in [1.54, 1.807) is 11.9 Å². The Morgan fingerprint density at radius 2 is 2.12 bits per heavy atom. The van der Waals surface area contributed by atoms with E-state index in [9.17, 15) is 9.59 Å². The molecule has 0 aliphatic carbocycles. The lowest BCUT2D eigenvalue weighted by atomic mass is 10.0. The van der Waals surface area contributed by atoms with Gasteiger partial charge in [0.1, 0.15) is 0 Å². The van der Waals surface area contributed by atoms with Gasteiger partial charge in [-0.3, -0.25) is 9.59 Å². The molecule has 0 aromatic carbocycles. The molecule has 1 heterocycles. The van der Waals surface area contributed by atoms with Crippen molar-refractivity contribution >= 4 is 24.2 Å². The standard InChI is InChI=1S/C11H21N3O2.ClH/c1-7(2)10(12)11(16)13-8-4-5-9(15)14(3)6-8;/h7-8,10H,4-6,12H2,1-3H3,(H,13,16);1H/t8?,10-;/m1./s1. The highest BCUT2D eigenvalue weighted by Crippen LogP contribution is 2.10. The number of nitrogens with zero attached hydrogens (tertiary/aromatic N) is 1. The normalized spacial score (nSPS) is 22.1. The van der Waals surface area contributed by atoms with E-state index in [1.807, 2.05) is 13.8 Å². The number of amides is 2. The molecule has 6 heteroatoms. The van der Waals surface area contributed by atoms with Crippen molar-refractivity contribution in [2.75, 3.05) is 13.6 Å². The molecule has 1 unspecified atom stereocenters. The topological polar surface area (TPSA) is 75.4 Å². The molecule has 1 saturated heterocycles. The fraction of sp³-hybridized carbons (Fsp3) is 0.818. The summed E-state index contributed by atoms with van der Waals surface area (Å²) in [4.78, 5) is 24.6. The van der Waals surface area contributed by atoms with Crippen molar-refractivity contribution in [2.45, 2.75) is 38.8 Å². The van der Waals surface area contributed by atoms with Crippen LogP contribution in [0.5, 0.6) is 0 Å². The molecule has 0 radical (unpaired) electrons. The molecule has 1 aliphatic heterocycles. The van der Waals surface area contributed by atoms with E-state index < -0.39 is 6.04 Å². The van der Waals surface area contributed by atoms with Crippen molar-refractivity contribution in [2.24, 2.45) is 11.7 Å². The van der Waals surface area contributed by atoms with Crippen LogP contribution in [0, 0.1) is 5.92 Å². The Labute approximate surface area is 109 Å². The van der Waals surface area contributed by atoms with Crippen molar-refractivity contribution in [3.05, 3.63) is 0 Å². The third kappa shape index (κ3) is 4.52. The SMILES string of the molecule is CC(C)[C@@H](N)C(=O)NC1CCC(=O)N(C)C1.Cl. The molecule has 1 aliphatic rings. The minimum absolute atomic E-state index is 0. The van der Waals surface area contributed by atoms with E-state index in [2.05, 4.69) is 5.32 Å². The van der Waals surface area contributed by atoms with Crippen LogP contribution < -0.4 is 11.1 Å². The summed E-state index contributed by atoms with van der Waals surface area (Å²) in [7, 11) is 1.75. The molecule has 0 aromatic rings. The Bertz CT molecular complexity index is 284. The second-order valence-corrected chi connectivity index (χ2v) is 4.79. The van der Waals surface area contributed by atoms with E-state index in [0.29, 0.717) is 19.4 Å². The molecule has 0 bridgehead atoms. The summed E-state index contributed by atoms with van der Waals surface area (Å²) in [6, 6.07) is -0.428. The van der Waals surface area contributed by atoms with Crippen LogP contribution in [-0.4, -0.2) is 42.4 Å². The zero-order valence-electron chi connectivity index (χ0n) is 10.6. The van der Waals surface area contributed by atoms with Crippen LogP contribution in [0.4, 0.5) is 0 Å². The molecule has 0 aromatic heterocycles. The van der Waals surface area contributed by atoms with Crippen molar-refractivity contribution in [1.82, 2.24) is 10.2 Å². The molecule has 17 heavy (non-hydrogen) atoms. The van der Waals surface area contributed by atoms with Gasteiger partial charge < -0.3 is 16.0 Å². The number of likely N-dealkylation sites (tertiary alicyclic amines) is 1. The molecule has 2 atom stereocenters. The van der Waals surface area contributed by atoms with E-state index in [-0.39, 0.29) is 36.2 Å². The fourth-order valence-electron chi connectivity index (χ4n) is 1.73. The second-order valence-electron chi connectivity index (χ2n) is 4.79. The number of hydrogen-bond donors (Lipinski definition) is 2. The van der Waals surface area contributed by atoms with Crippen LogP contribution in [-0.2, 0) is 9.59 Å². The third-order valence-corrected chi connectivity index (χ3v) is 2.99. The van der Waals surface area contributed by atoms with E-state index in [0.717, 1.165) is 0 Å². The average molecular weight is 264 g/mol. The quantitative estimate of drug-likeness (QED) is 0.760. The second kappa shape index (κ2) is 6.81. The molecule has 1 rings (SSSR count). The predicted molar refractivity (Wildman–Crippen MR) is 68.9 cm³/mol. The maximum absolute atomic E-state index is 11.7. The largest absolute Gasteiger partial charge is 0.350 e. The van der Waals surface area contributed by atoms with Gasteiger partial charge in [0.25, 0.3) is 0 Å². The predicted octanol–water partition coefficient (Wildman–Crippen LogP) is 0.128. The number of hydrogen-bond acceptors (Lipinski definition) is 3. The van der Waals surface area contributed by atoms with Crippen LogP contribution in [0.3, 0.4) is 0 Å². The summed E-state index contributed by atoms with van der Waals surface area (Å²) in [5.41, 5.74) is 5.75. The first-order chi connectivity index (χ1) is 7.41. The first-order valence-corrected chi connectivity index (χ1v) is 5.71. The molecule has 5 nitrogen and oxygen atoms in total. The van der Waals surface area contributed by atoms with Crippen molar-refractivity contribution < 1.29 is 9.59 Å². The molecule has 3 N–H and O–H groups in total. The van der Waals surface area contributed by atoms with Crippen LogP contribution in [0.25, 0.3) is 0 Å². The smallest absolute Gasteiger partial charge is 0.237 e. The summed E-state index contributed by atoms with van der Waals surface area (Å²) in [5, 5.41) is 2.89. The maximum Gasteiger partial charge on any atom is 0.237 e. The molecule has 1 fully saturated rings. The Kier molecular flexibility index (Phi) is 6.49. The molecule has 100 valence electrons. The van der Waals surface area contributed by atoms with E-state index >= 15 is 0 Å². The monoisotopic (exact) mass is 263 g/mol. The van der Waals surface area contributed by atoms with Crippen molar-refractivity contribution in [3.63, 3.8) is 0 Å². The summed E-state index contributed by atoms with van der Waals surface area (Å²) in [6.45, 7) is 4.41. The van der Waals surface area contributed by atoms with Gasteiger partial charge in [-0.1, -0.05) is 13.8 Å². The number of nitrogens with two attached hydrogens (primary N) is 1. The number of likely N-dealkylation sites (N-methyl/N-ethyl adjacent to an activating group) is 1.